The highest BCUT2D eigenvalue weighted by atomic mass is 14.9. The summed E-state index contributed by atoms with van der Waals surface area (Å²) in [7, 11) is 0. The van der Waals surface area contributed by atoms with Gasteiger partial charge in [0.25, 0.3) is 0 Å². The van der Waals surface area contributed by atoms with E-state index in [1.54, 1.807) is 0 Å². The van der Waals surface area contributed by atoms with Crippen molar-refractivity contribution < 1.29 is 0 Å². The van der Waals surface area contributed by atoms with E-state index in [1.807, 2.05) is 0 Å². The Kier molecular flexibility index (Phi) is 8.78. The molecule has 1 fully saturated rings. The molecule has 1 atom stereocenters. The fourth-order valence-electron chi connectivity index (χ4n) is 6.97. The summed E-state index contributed by atoms with van der Waals surface area (Å²) in [6.07, 6.45) is 2.46. The Morgan fingerprint density at radius 1 is 0.455 bits per heavy atom. The minimum Gasteiger partial charge on any atom is -0.313 e. The summed E-state index contributed by atoms with van der Waals surface area (Å²) in [6, 6.07) is 38.0. The lowest BCUT2D eigenvalue weighted by atomic mass is 9.75. The molecule has 0 saturated carbocycles. The van der Waals surface area contributed by atoms with E-state index in [-0.39, 0.29) is 21.7 Å². The van der Waals surface area contributed by atoms with Crippen LogP contribution in [0.3, 0.4) is 0 Å². The van der Waals surface area contributed by atoms with Crippen LogP contribution in [0.4, 0.5) is 0 Å². The average Bonchev–Trinajstić information content (AvgIpc) is 3.52. The molecule has 44 heavy (non-hydrogen) atoms. The molecule has 0 aromatic heterocycles. The van der Waals surface area contributed by atoms with Crippen LogP contribution in [0.5, 0.6) is 0 Å². The molecule has 0 bridgehead atoms. The van der Waals surface area contributed by atoms with E-state index >= 15 is 0 Å². The fourth-order valence-corrected chi connectivity index (χ4v) is 6.97. The van der Waals surface area contributed by atoms with E-state index in [0.29, 0.717) is 12.0 Å². The summed E-state index contributed by atoms with van der Waals surface area (Å²) in [5.74, 6) is 0.337. The maximum atomic E-state index is 3.83. The van der Waals surface area contributed by atoms with Gasteiger partial charge in [0, 0.05) is 22.8 Å². The van der Waals surface area contributed by atoms with Gasteiger partial charge in [-0.3, -0.25) is 0 Å². The Morgan fingerprint density at radius 2 is 0.750 bits per heavy atom. The topological polar surface area (TPSA) is 12.0 Å². The zero-order valence-corrected chi connectivity index (χ0v) is 29.0. The van der Waals surface area contributed by atoms with Crippen molar-refractivity contribution in [3.8, 4) is 0 Å². The molecule has 0 spiro atoms. The monoisotopic (exact) mass is 585 g/mol. The molecule has 1 heteroatoms. The van der Waals surface area contributed by atoms with E-state index < -0.39 is 0 Å². The Balaban J connectivity index is 1.41. The first-order chi connectivity index (χ1) is 20.6. The molecular formula is C43H55N. The zero-order valence-electron chi connectivity index (χ0n) is 29.0. The van der Waals surface area contributed by atoms with Crippen molar-refractivity contribution >= 4 is 0 Å². The molecule has 232 valence electrons. The van der Waals surface area contributed by atoms with E-state index in [9.17, 15) is 0 Å². The van der Waals surface area contributed by atoms with E-state index in [2.05, 4.69) is 172 Å². The molecule has 0 unspecified atom stereocenters. The van der Waals surface area contributed by atoms with Crippen LogP contribution in [0.15, 0.2) is 97.1 Å². The number of rotatable bonds is 7. The van der Waals surface area contributed by atoms with Crippen LogP contribution >= 0.6 is 0 Å². The maximum Gasteiger partial charge on any atom is 0.0243 e. The van der Waals surface area contributed by atoms with Gasteiger partial charge in [0.1, 0.15) is 0 Å². The van der Waals surface area contributed by atoms with Crippen LogP contribution in [-0.2, 0) is 21.7 Å². The van der Waals surface area contributed by atoms with Gasteiger partial charge < -0.3 is 5.32 Å². The zero-order chi connectivity index (χ0) is 31.9. The van der Waals surface area contributed by atoms with Crippen LogP contribution in [0.1, 0.15) is 133 Å². The summed E-state index contributed by atoms with van der Waals surface area (Å²) >= 11 is 0. The van der Waals surface area contributed by atoms with Gasteiger partial charge in [0.2, 0.25) is 0 Å². The molecule has 0 amide bonds. The molecule has 0 radical (unpaired) electrons. The summed E-state index contributed by atoms with van der Waals surface area (Å²) < 4.78 is 0. The Morgan fingerprint density at radius 3 is 1.02 bits per heavy atom. The summed E-state index contributed by atoms with van der Waals surface area (Å²) in [4.78, 5) is 0. The third-order valence-corrected chi connectivity index (χ3v) is 10.4. The number of hydrogen-bond acceptors (Lipinski definition) is 1. The minimum atomic E-state index is -0.0611. The van der Waals surface area contributed by atoms with Crippen LogP contribution in [0, 0.1) is 0 Å². The predicted octanol–water partition coefficient (Wildman–Crippen LogP) is 10.8. The molecule has 1 N–H and O–H groups in total. The van der Waals surface area contributed by atoms with Gasteiger partial charge in [0.15, 0.2) is 0 Å². The van der Waals surface area contributed by atoms with Gasteiger partial charge in [-0.1, -0.05) is 166 Å². The van der Waals surface area contributed by atoms with E-state index in [4.69, 9.17) is 0 Å². The van der Waals surface area contributed by atoms with Gasteiger partial charge in [-0.05, 0) is 74.7 Å². The average molecular weight is 586 g/mol. The lowest BCUT2D eigenvalue weighted by Crippen LogP contribution is -2.30. The normalized spacial score (nSPS) is 16.5. The van der Waals surface area contributed by atoms with Gasteiger partial charge >= 0.3 is 0 Å². The molecule has 5 rings (SSSR count). The van der Waals surface area contributed by atoms with Crippen LogP contribution < -0.4 is 5.32 Å². The Bertz CT molecular complexity index is 1400. The smallest absolute Gasteiger partial charge is 0.0243 e. The van der Waals surface area contributed by atoms with E-state index in [1.165, 1.54) is 57.3 Å². The van der Waals surface area contributed by atoms with Crippen molar-refractivity contribution in [2.45, 2.75) is 116 Å². The highest BCUT2D eigenvalue weighted by Crippen LogP contribution is 2.38. The lowest BCUT2D eigenvalue weighted by Gasteiger charge is -2.30. The molecule has 4 aromatic carbocycles. The molecule has 1 aliphatic heterocycles. The Hall–Kier alpha value is -3.16. The minimum absolute atomic E-state index is 0.0611. The Labute approximate surface area is 268 Å². The highest BCUT2D eigenvalue weighted by Gasteiger charge is 2.30. The maximum absolute atomic E-state index is 3.83. The number of nitrogens with one attached hydrogen (secondary N) is 1. The van der Waals surface area contributed by atoms with Crippen LogP contribution in [0.25, 0.3) is 0 Å². The highest BCUT2D eigenvalue weighted by molar-refractivity contribution is 5.45. The first kappa shape index (κ1) is 32.2. The second kappa shape index (κ2) is 12.0. The van der Waals surface area contributed by atoms with Gasteiger partial charge in [-0.2, -0.15) is 0 Å². The fraction of sp³-hybridized carbons (Fsp3) is 0.442. The van der Waals surface area contributed by atoms with Crippen molar-refractivity contribution in [2.24, 2.45) is 0 Å². The van der Waals surface area contributed by atoms with Crippen molar-refractivity contribution in [1.29, 1.82) is 0 Å². The summed E-state index contributed by atoms with van der Waals surface area (Å²) in [6.45, 7) is 24.2. The number of hydrogen-bond donors (Lipinski definition) is 1. The molecule has 1 heterocycles. The van der Waals surface area contributed by atoms with Gasteiger partial charge in [0.05, 0.1) is 0 Å². The first-order valence-electron chi connectivity index (χ1n) is 16.7. The SMILES string of the molecule is CC(C)(C)c1ccc(C(C)(C)c2ccc(C(c3ccc(C(C)(C)c4ccc(C(C)(C)C)cc4)cc3)[C@@H]3CCCN3)cc2)cc1. The second-order valence-electron chi connectivity index (χ2n) is 16.3. The molecule has 4 aromatic rings. The molecule has 1 saturated heterocycles. The molecule has 1 nitrogen and oxygen atoms in total. The third kappa shape index (κ3) is 6.59. The number of benzene rings is 4. The standard InChI is InChI=1S/C43H55N/c1-40(2,3)32-21-25-36(26-22-32)42(7,8)34-17-13-30(14-18-34)39(38-12-11-29-44-38)31-15-19-35(20-16-31)43(9,10)37-27-23-33(24-28-37)41(4,5)6/h13-28,38-39,44H,11-12,29H2,1-10H3/t38-/m0/s1. The molecular weight excluding hydrogens is 530 g/mol. The van der Waals surface area contributed by atoms with Crippen molar-refractivity contribution in [3.05, 3.63) is 142 Å². The predicted molar refractivity (Wildman–Crippen MR) is 190 cm³/mol. The van der Waals surface area contributed by atoms with Crippen LogP contribution in [-0.4, -0.2) is 12.6 Å². The van der Waals surface area contributed by atoms with Crippen molar-refractivity contribution in [1.82, 2.24) is 5.32 Å². The van der Waals surface area contributed by atoms with Gasteiger partial charge in [-0.15, -0.1) is 0 Å². The van der Waals surface area contributed by atoms with Crippen molar-refractivity contribution in [2.75, 3.05) is 6.54 Å². The summed E-state index contributed by atoms with van der Waals surface area (Å²) in [5.41, 5.74) is 11.2. The largest absolute Gasteiger partial charge is 0.313 e. The molecule has 0 aliphatic carbocycles. The summed E-state index contributed by atoms with van der Waals surface area (Å²) in [5, 5.41) is 3.83. The quantitative estimate of drug-likeness (QED) is 0.227. The van der Waals surface area contributed by atoms with E-state index in [0.717, 1.165) is 6.54 Å². The third-order valence-electron chi connectivity index (χ3n) is 10.4. The van der Waals surface area contributed by atoms with Crippen molar-refractivity contribution in [3.63, 3.8) is 0 Å². The molecule has 1 aliphatic rings. The second-order valence-corrected chi connectivity index (χ2v) is 16.3. The first-order valence-corrected chi connectivity index (χ1v) is 16.7. The van der Waals surface area contributed by atoms with Crippen LogP contribution in [0.2, 0.25) is 0 Å². The van der Waals surface area contributed by atoms with Gasteiger partial charge in [-0.25, -0.2) is 0 Å². The lowest BCUT2D eigenvalue weighted by molar-refractivity contribution is 0.539.